The molecule has 5 heteroatoms. The van der Waals surface area contributed by atoms with Crippen LogP contribution in [0.2, 0.25) is 10.0 Å². The number of nitrogens with zero attached hydrogens (tertiary/aromatic N) is 1. The van der Waals surface area contributed by atoms with E-state index in [1.165, 1.54) is 12.3 Å². The van der Waals surface area contributed by atoms with Crippen molar-refractivity contribution in [2.24, 2.45) is 0 Å². The number of halogens is 3. The van der Waals surface area contributed by atoms with Crippen LogP contribution in [0.4, 0.5) is 4.39 Å². The van der Waals surface area contributed by atoms with Crippen LogP contribution in [0, 0.1) is 5.82 Å². The van der Waals surface area contributed by atoms with E-state index in [4.69, 9.17) is 23.2 Å². The summed E-state index contributed by atoms with van der Waals surface area (Å²) in [5.74, 6) is -0.344. The molecule has 1 atom stereocenters. The van der Waals surface area contributed by atoms with Crippen molar-refractivity contribution in [2.45, 2.75) is 12.5 Å². The largest absolute Gasteiger partial charge is 0.311 e. The number of benzene rings is 1. The third-order valence-electron chi connectivity index (χ3n) is 2.89. The molecule has 0 fully saturated rings. The summed E-state index contributed by atoms with van der Waals surface area (Å²) in [6, 6.07) is 8.44. The Bertz CT molecular complexity index is 558. The van der Waals surface area contributed by atoms with Gasteiger partial charge in [0.2, 0.25) is 0 Å². The Hall–Kier alpha value is -1.16. The van der Waals surface area contributed by atoms with Gasteiger partial charge in [-0.15, -0.1) is 0 Å². The SMILES string of the molecule is CNC(Cc1ccc(Cl)cc1Cl)c1ccc(F)cn1. The molecule has 0 aliphatic carbocycles. The summed E-state index contributed by atoms with van der Waals surface area (Å²) in [6.07, 6.45) is 1.87. The van der Waals surface area contributed by atoms with Gasteiger partial charge in [-0.25, -0.2) is 4.39 Å². The fourth-order valence-electron chi connectivity index (χ4n) is 1.86. The number of likely N-dealkylation sites (N-methyl/N-ethyl adjacent to an activating group) is 1. The van der Waals surface area contributed by atoms with E-state index >= 15 is 0 Å². The smallest absolute Gasteiger partial charge is 0.141 e. The highest BCUT2D eigenvalue weighted by molar-refractivity contribution is 6.35. The molecule has 1 unspecified atom stereocenters. The summed E-state index contributed by atoms with van der Waals surface area (Å²) in [6.45, 7) is 0. The maximum Gasteiger partial charge on any atom is 0.141 e. The predicted molar refractivity (Wildman–Crippen MR) is 76.2 cm³/mol. The van der Waals surface area contributed by atoms with Crippen LogP contribution >= 0.6 is 23.2 Å². The molecule has 2 rings (SSSR count). The van der Waals surface area contributed by atoms with Crippen molar-refractivity contribution in [3.05, 3.63) is 63.6 Å². The molecule has 0 spiro atoms. The molecule has 1 aromatic heterocycles. The lowest BCUT2D eigenvalue weighted by Gasteiger charge is -2.16. The molecule has 0 aliphatic heterocycles. The number of hydrogen-bond acceptors (Lipinski definition) is 2. The first-order chi connectivity index (χ1) is 9.10. The van der Waals surface area contributed by atoms with Gasteiger partial charge in [0.15, 0.2) is 0 Å². The standard InChI is InChI=1S/C14H13Cl2FN2/c1-18-14(13-5-4-11(17)8-19-13)6-9-2-3-10(15)7-12(9)16/h2-5,7-8,14,18H,6H2,1H3. The van der Waals surface area contributed by atoms with Gasteiger partial charge in [0.05, 0.1) is 17.9 Å². The maximum absolute atomic E-state index is 12.9. The summed E-state index contributed by atoms with van der Waals surface area (Å²) in [7, 11) is 1.83. The van der Waals surface area contributed by atoms with Crippen LogP contribution < -0.4 is 5.32 Å². The zero-order valence-electron chi connectivity index (χ0n) is 10.3. The lowest BCUT2D eigenvalue weighted by atomic mass is 10.0. The first-order valence-electron chi connectivity index (χ1n) is 5.83. The van der Waals surface area contributed by atoms with Crippen LogP contribution in [-0.2, 0) is 6.42 Å². The zero-order chi connectivity index (χ0) is 13.8. The van der Waals surface area contributed by atoms with E-state index in [0.717, 1.165) is 11.3 Å². The molecule has 2 aromatic rings. The highest BCUT2D eigenvalue weighted by Gasteiger charge is 2.13. The van der Waals surface area contributed by atoms with Crippen LogP contribution in [0.1, 0.15) is 17.3 Å². The fourth-order valence-corrected chi connectivity index (χ4v) is 2.34. The molecule has 0 bridgehead atoms. The first kappa shape index (κ1) is 14.3. The quantitative estimate of drug-likeness (QED) is 0.922. The molecule has 1 N–H and O–H groups in total. The van der Waals surface area contributed by atoms with Gasteiger partial charge >= 0.3 is 0 Å². The molecule has 2 nitrogen and oxygen atoms in total. The average molecular weight is 299 g/mol. The summed E-state index contributed by atoms with van der Waals surface area (Å²) in [5.41, 5.74) is 1.74. The molecule has 100 valence electrons. The van der Waals surface area contributed by atoms with E-state index in [-0.39, 0.29) is 11.9 Å². The summed E-state index contributed by atoms with van der Waals surface area (Å²) in [4.78, 5) is 4.09. The maximum atomic E-state index is 12.9. The Balaban J connectivity index is 2.21. The molecular weight excluding hydrogens is 286 g/mol. The van der Waals surface area contributed by atoms with Gasteiger partial charge in [0.25, 0.3) is 0 Å². The molecule has 1 aromatic carbocycles. The van der Waals surface area contributed by atoms with Crippen molar-refractivity contribution in [1.29, 1.82) is 0 Å². The van der Waals surface area contributed by atoms with Gasteiger partial charge in [-0.3, -0.25) is 4.98 Å². The number of pyridine rings is 1. The summed E-state index contributed by atoms with van der Waals surface area (Å²) >= 11 is 12.0. The fraction of sp³-hybridized carbons (Fsp3) is 0.214. The third-order valence-corrected chi connectivity index (χ3v) is 3.48. The van der Waals surface area contributed by atoms with Gasteiger partial charge in [0, 0.05) is 10.0 Å². The Morgan fingerprint density at radius 3 is 2.63 bits per heavy atom. The Kier molecular flexibility index (Phi) is 4.75. The number of aromatic nitrogens is 1. The van der Waals surface area contributed by atoms with Gasteiger partial charge in [-0.1, -0.05) is 29.3 Å². The van der Waals surface area contributed by atoms with Crippen molar-refractivity contribution in [3.8, 4) is 0 Å². The van der Waals surface area contributed by atoms with Crippen molar-refractivity contribution in [2.75, 3.05) is 7.05 Å². The second kappa shape index (κ2) is 6.33. The van der Waals surface area contributed by atoms with Crippen molar-refractivity contribution in [1.82, 2.24) is 10.3 Å². The van der Waals surface area contributed by atoms with Crippen molar-refractivity contribution >= 4 is 23.2 Å². The summed E-state index contributed by atoms with van der Waals surface area (Å²) < 4.78 is 12.9. The van der Waals surface area contributed by atoms with Crippen molar-refractivity contribution < 1.29 is 4.39 Å². The molecular formula is C14H13Cl2FN2. The molecule has 1 heterocycles. The van der Waals surface area contributed by atoms with Crippen LogP contribution in [0.15, 0.2) is 36.5 Å². The molecule has 0 saturated carbocycles. The molecule has 19 heavy (non-hydrogen) atoms. The van der Waals surface area contributed by atoms with Gasteiger partial charge in [0.1, 0.15) is 5.82 Å². The highest BCUT2D eigenvalue weighted by atomic mass is 35.5. The minimum atomic E-state index is -0.344. The first-order valence-corrected chi connectivity index (χ1v) is 6.58. The number of nitrogens with one attached hydrogen (secondary N) is 1. The number of rotatable bonds is 4. The minimum absolute atomic E-state index is 0.0284. The van der Waals surface area contributed by atoms with Crippen LogP contribution in [0.5, 0.6) is 0 Å². The molecule has 0 amide bonds. The highest BCUT2D eigenvalue weighted by Crippen LogP contribution is 2.25. The van der Waals surface area contributed by atoms with E-state index in [9.17, 15) is 4.39 Å². The van der Waals surface area contributed by atoms with Crippen LogP contribution in [0.25, 0.3) is 0 Å². The molecule has 0 radical (unpaired) electrons. The van der Waals surface area contributed by atoms with Gasteiger partial charge in [-0.2, -0.15) is 0 Å². The topological polar surface area (TPSA) is 24.9 Å². The lowest BCUT2D eigenvalue weighted by molar-refractivity contribution is 0.565. The normalized spacial score (nSPS) is 12.4. The van der Waals surface area contributed by atoms with E-state index in [1.54, 1.807) is 18.2 Å². The van der Waals surface area contributed by atoms with Gasteiger partial charge < -0.3 is 5.32 Å². The van der Waals surface area contributed by atoms with E-state index in [2.05, 4.69) is 10.3 Å². The molecule has 0 aliphatic rings. The number of hydrogen-bond donors (Lipinski definition) is 1. The average Bonchev–Trinajstić information content (AvgIpc) is 2.39. The Labute approximate surface area is 121 Å². The lowest BCUT2D eigenvalue weighted by Crippen LogP contribution is -2.20. The van der Waals surface area contributed by atoms with Crippen molar-refractivity contribution in [3.63, 3.8) is 0 Å². The second-order valence-corrected chi connectivity index (χ2v) is 5.03. The predicted octanol–water partition coefficient (Wildman–Crippen LogP) is 4.03. The Morgan fingerprint density at radius 1 is 1.26 bits per heavy atom. The molecule has 0 saturated heterocycles. The van der Waals surface area contributed by atoms with E-state index in [1.807, 2.05) is 13.1 Å². The summed E-state index contributed by atoms with van der Waals surface area (Å²) in [5, 5.41) is 4.38. The third kappa shape index (κ3) is 3.66. The monoisotopic (exact) mass is 298 g/mol. The zero-order valence-corrected chi connectivity index (χ0v) is 11.8. The van der Waals surface area contributed by atoms with Crippen LogP contribution in [-0.4, -0.2) is 12.0 Å². The van der Waals surface area contributed by atoms with E-state index in [0.29, 0.717) is 16.5 Å². The minimum Gasteiger partial charge on any atom is -0.311 e. The Morgan fingerprint density at radius 2 is 2.05 bits per heavy atom. The second-order valence-electron chi connectivity index (χ2n) is 4.18. The van der Waals surface area contributed by atoms with Crippen LogP contribution in [0.3, 0.4) is 0 Å². The van der Waals surface area contributed by atoms with Gasteiger partial charge in [-0.05, 0) is 43.3 Å². The van der Waals surface area contributed by atoms with E-state index < -0.39 is 0 Å².